The number of aromatic nitrogens is 4. The summed E-state index contributed by atoms with van der Waals surface area (Å²) in [6.45, 7) is 9.85. The van der Waals surface area contributed by atoms with Crippen molar-refractivity contribution in [2.45, 2.75) is 53.4 Å². The summed E-state index contributed by atoms with van der Waals surface area (Å²) >= 11 is 0. The van der Waals surface area contributed by atoms with Crippen LogP contribution in [0, 0.1) is 13.8 Å². The summed E-state index contributed by atoms with van der Waals surface area (Å²) in [5, 5.41) is 21.8. The van der Waals surface area contributed by atoms with Gasteiger partial charge in [0.1, 0.15) is 0 Å². The molecule has 27 heavy (non-hydrogen) atoms. The Hall–Kier alpha value is -2.44. The fourth-order valence-electron chi connectivity index (χ4n) is 4.05. The van der Waals surface area contributed by atoms with Crippen LogP contribution >= 0.6 is 0 Å². The average Bonchev–Trinajstić information content (AvgIpc) is 3.27. The second kappa shape index (κ2) is 7.29. The quantitative estimate of drug-likeness (QED) is 0.729. The van der Waals surface area contributed by atoms with Gasteiger partial charge in [0.15, 0.2) is 0 Å². The number of rotatable bonds is 5. The zero-order valence-corrected chi connectivity index (χ0v) is 16.3. The molecular formula is C21H27N5O. The Kier molecular flexibility index (Phi) is 4.85. The Morgan fingerprint density at radius 3 is 2.89 bits per heavy atom. The van der Waals surface area contributed by atoms with Crippen LogP contribution in [0.15, 0.2) is 24.4 Å². The standard InChI is InChI=1S/C21H27N5O/c1-4-26-20-7-8-25(12-18(20)19(13-27)24-26)11-16-10-22-23-21(16)17-9-14(2)5-6-15(17)3/h5-6,9-10,27H,4,7-8,11-13H2,1-3H3,(H,22,23). The van der Waals surface area contributed by atoms with E-state index in [9.17, 15) is 5.11 Å². The van der Waals surface area contributed by atoms with Crippen LogP contribution in [0.25, 0.3) is 11.3 Å². The predicted molar refractivity (Wildman–Crippen MR) is 105 cm³/mol. The molecule has 0 spiro atoms. The number of aryl methyl sites for hydroxylation is 3. The largest absolute Gasteiger partial charge is 0.390 e. The molecule has 0 radical (unpaired) electrons. The number of fused-ring (bicyclic) bond motifs is 1. The first-order valence-corrected chi connectivity index (χ1v) is 9.61. The van der Waals surface area contributed by atoms with E-state index in [1.165, 1.54) is 33.5 Å². The van der Waals surface area contributed by atoms with E-state index in [-0.39, 0.29) is 6.61 Å². The Labute approximate surface area is 159 Å². The molecule has 0 fully saturated rings. The molecule has 0 aliphatic carbocycles. The first kappa shape index (κ1) is 17.9. The minimum absolute atomic E-state index is 0.00260. The molecule has 2 aromatic heterocycles. The molecule has 1 aliphatic rings. The van der Waals surface area contributed by atoms with Crippen molar-refractivity contribution in [3.63, 3.8) is 0 Å². The lowest BCUT2D eigenvalue weighted by atomic mass is 9.99. The molecule has 0 amide bonds. The third-order valence-corrected chi connectivity index (χ3v) is 5.52. The second-order valence-electron chi connectivity index (χ2n) is 7.40. The van der Waals surface area contributed by atoms with E-state index in [2.05, 4.69) is 59.2 Å². The number of nitrogens with zero attached hydrogens (tertiary/aromatic N) is 4. The maximum absolute atomic E-state index is 9.69. The van der Waals surface area contributed by atoms with Crippen molar-refractivity contribution in [2.75, 3.05) is 6.54 Å². The fraction of sp³-hybridized carbons (Fsp3) is 0.429. The SMILES string of the molecule is CCn1nc(CO)c2c1CCN(Cc1cn[nH]c1-c1cc(C)ccc1C)C2. The van der Waals surface area contributed by atoms with Crippen LogP contribution in [0.5, 0.6) is 0 Å². The van der Waals surface area contributed by atoms with Gasteiger partial charge in [-0.3, -0.25) is 14.7 Å². The smallest absolute Gasteiger partial charge is 0.0926 e. The number of aliphatic hydroxyl groups excluding tert-OH is 1. The summed E-state index contributed by atoms with van der Waals surface area (Å²) in [5.41, 5.74) is 9.32. The van der Waals surface area contributed by atoms with Crippen LogP contribution in [0.1, 0.15) is 40.6 Å². The highest BCUT2D eigenvalue weighted by molar-refractivity contribution is 5.67. The monoisotopic (exact) mass is 365 g/mol. The van der Waals surface area contributed by atoms with Crippen molar-refractivity contribution in [3.05, 3.63) is 58.0 Å². The number of aromatic amines is 1. The maximum Gasteiger partial charge on any atom is 0.0926 e. The lowest BCUT2D eigenvalue weighted by Crippen LogP contribution is -2.31. The normalized spacial score (nSPS) is 14.5. The van der Waals surface area contributed by atoms with Gasteiger partial charge >= 0.3 is 0 Å². The zero-order chi connectivity index (χ0) is 19.0. The molecule has 6 nitrogen and oxygen atoms in total. The van der Waals surface area contributed by atoms with E-state index in [0.29, 0.717) is 0 Å². The van der Waals surface area contributed by atoms with Crippen molar-refractivity contribution >= 4 is 0 Å². The number of benzene rings is 1. The second-order valence-corrected chi connectivity index (χ2v) is 7.40. The molecular weight excluding hydrogens is 338 g/mol. The summed E-state index contributed by atoms with van der Waals surface area (Å²) in [7, 11) is 0. The molecule has 2 N–H and O–H groups in total. The Morgan fingerprint density at radius 2 is 2.11 bits per heavy atom. The molecule has 1 aromatic carbocycles. The Balaban J connectivity index is 1.59. The van der Waals surface area contributed by atoms with E-state index in [0.717, 1.165) is 44.0 Å². The van der Waals surface area contributed by atoms with Crippen LogP contribution in [0.2, 0.25) is 0 Å². The predicted octanol–water partition coefficient (Wildman–Crippen LogP) is 2.96. The molecule has 0 saturated heterocycles. The van der Waals surface area contributed by atoms with Gasteiger partial charge in [-0.25, -0.2) is 0 Å². The van der Waals surface area contributed by atoms with Crippen molar-refractivity contribution in [3.8, 4) is 11.3 Å². The molecule has 0 saturated carbocycles. The molecule has 3 heterocycles. The summed E-state index contributed by atoms with van der Waals surface area (Å²) in [5.74, 6) is 0. The van der Waals surface area contributed by atoms with Crippen LogP contribution in [0.3, 0.4) is 0 Å². The van der Waals surface area contributed by atoms with Crippen molar-refractivity contribution in [2.24, 2.45) is 0 Å². The van der Waals surface area contributed by atoms with Gasteiger partial charge in [0, 0.05) is 55.0 Å². The van der Waals surface area contributed by atoms with Gasteiger partial charge in [-0.2, -0.15) is 10.2 Å². The highest BCUT2D eigenvalue weighted by Crippen LogP contribution is 2.29. The third kappa shape index (κ3) is 3.31. The molecule has 4 rings (SSSR count). The van der Waals surface area contributed by atoms with Crippen molar-refractivity contribution in [1.82, 2.24) is 24.9 Å². The lowest BCUT2D eigenvalue weighted by Gasteiger charge is -2.27. The highest BCUT2D eigenvalue weighted by Gasteiger charge is 2.25. The van der Waals surface area contributed by atoms with Gasteiger partial charge in [0.25, 0.3) is 0 Å². The van der Waals surface area contributed by atoms with E-state index in [1.54, 1.807) is 0 Å². The number of nitrogens with one attached hydrogen (secondary N) is 1. The average molecular weight is 365 g/mol. The molecule has 6 heteroatoms. The van der Waals surface area contributed by atoms with Crippen LogP contribution in [0.4, 0.5) is 0 Å². The molecule has 3 aromatic rings. The van der Waals surface area contributed by atoms with Gasteiger partial charge < -0.3 is 5.11 Å². The Morgan fingerprint density at radius 1 is 1.26 bits per heavy atom. The van der Waals surface area contributed by atoms with Crippen LogP contribution in [-0.2, 0) is 32.7 Å². The summed E-state index contributed by atoms with van der Waals surface area (Å²) in [6, 6.07) is 6.52. The molecule has 0 atom stereocenters. The van der Waals surface area contributed by atoms with Gasteiger partial charge in [-0.15, -0.1) is 0 Å². The Bertz CT molecular complexity index is 956. The van der Waals surface area contributed by atoms with Gasteiger partial charge in [-0.05, 0) is 32.4 Å². The minimum atomic E-state index is 0.00260. The van der Waals surface area contributed by atoms with Gasteiger partial charge in [-0.1, -0.05) is 17.7 Å². The van der Waals surface area contributed by atoms with E-state index >= 15 is 0 Å². The van der Waals surface area contributed by atoms with E-state index in [4.69, 9.17) is 0 Å². The number of hydrogen-bond donors (Lipinski definition) is 2. The number of aliphatic hydroxyl groups is 1. The van der Waals surface area contributed by atoms with Gasteiger partial charge in [0.05, 0.1) is 24.2 Å². The number of hydrogen-bond acceptors (Lipinski definition) is 4. The summed E-state index contributed by atoms with van der Waals surface area (Å²) in [4.78, 5) is 2.42. The number of H-pyrrole nitrogens is 1. The van der Waals surface area contributed by atoms with Crippen molar-refractivity contribution < 1.29 is 5.11 Å². The first-order chi connectivity index (χ1) is 13.1. The fourth-order valence-corrected chi connectivity index (χ4v) is 4.05. The zero-order valence-electron chi connectivity index (χ0n) is 16.3. The molecule has 1 aliphatic heterocycles. The third-order valence-electron chi connectivity index (χ3n) is 5.52. The molecule has 142 valence electrons. The van der Waals surface area contributed by atoms with Crippen LogP contribution < -0.4 is 0 Å². The summed E-state index contributed by atoms with van der Waals surface area (Å²) < 4.78 is 2.04. The van der Waals surface area contributed by atoms with E-state index < -0.39 is 0 Å². The van der Waals surface area contributed by atoms with Crippen molar-refractivity contribution in [1.29, 1.82) is 0 Å². The molecule has 0 bridgehead atoms. The lowest BCUT2D eigenvalue weighted by molar-refractivity contribution is 0.236. The van der Waals surface area contributed by atoms with Crippen LogP contribution in [-0.4, -0.2) is 36.5 Å². The first-order valence-electron chi connectivity index (χ1n) is 9.61. The molecule has 0 unspecified atom stereocenters. The van der Waals surface area contributed by atoms with Gasteiger partial charge in [0.2, 0.25) is 0 Å². The maximum atomic E-state index is 9.69. The minimum Gasteiger partial charge on any atom is -0.390 e. The topological polar surface area (TPSA) is 70.0 Å². The van der Waals surface area contributed by atoms with E-state index in [1.807, 2.05) is 10.9 Å². The highest BCUT2D eigenvalue weighted by atomic mass is 16.3. The summed E-state index contributed by atoms with van der Waals surface area (Å²) in [6.07, 6.45) is 2.90.